The average Bonchev–Trinajstić information content (AvgIpc) is 2.63. The summed E-state index contributed by atoms with van der Waals surface area (Å²) in [6.45, 7) is 2.76. The van der Waals surface area contributed by atoms with Crippen LogP contribution in [0.2, 0.25) is 4.34 Å². The van der Waals surface area contributed by atoms with E-state index >= 15 is 0 Å². The van der Waals surface area contributed by atoms with E-state index in [1.54, 1.807) is 6.20 Å². The zero-order valence-corrected chi connectivity index (χ0v) is 11.8. The Kier molecular flexibility index (Phi) is 3.84. The van der Waals surface area contributed by atoms with Crippen LogP contribution in [0.25, 0.3) is 0 Å². The third kappa shape index (κ3) is 2.97. The molecule has 1 heterocycles. The number of benzene rings is 1. The second-order valence-electron chi connectivity index (χ2n) is 3.39. The maximum atomic E-state index is 5.81. The van der Waals surface area contributed by atoms with Crippen LogP contribution in [0.5, 0.6) is 0 Å². The van der Waals surface area contributed by atoms with Gasteiger partial charge in [-0.05, 0) is 40.5 Å². The molecule has 0 fully saturated rings. The molecule has 2 nitrogen and oxygen atoms in total. The highest BCUT2D eigenvalue weighted by Crippen LogP contribution is 2.25. The second kappa shape index (κ2) is 5.17. The molecule has 0 radical (unpaired) electrons. The van der Waals surface area contributed by atoms with Crippen molar-refractivity contribution in [2.45, 2.75) is 13.5 Å². The summed E-state index contributed by atoms with van der Waals surface area (Å²) in [5, 5.41) is 4.30. The van der Waals surface area contributed by atoms with Crippen LogP contribution in [0, 0.1) is 6.92 Å². The number of anilines is 1. The first-order valence-electron chi connectivity index (χ1n) is 4.75. The molecule has 0 saturated carbocycles. The molecule has 16 heavy (non-hydrogen) atoms. The topological polar surface area (TPSA) is 24.9 Å². The van der Waals surface area contributed by atoms with E-state index in [4.69, 9.17) is 11.6 Å². The Morgan fingerprint density at radius 2 is 2.31 bits per heavy atom. The van der Waals surface area contributed by atoms with Gasteiger partial charge in [-0.1, -0.05) is 17.7 Å². The number of thiazole rings is 1. The zero-order valence-electron chi connectivity index (χ0n) is 8.63. The largest absolute Gasteiger partial charge is 0.378 e. The molecule has 0 aliphatic heterocycles. The molecule has 0 unspecified atom stereocenters. The Bertz CT molecular complexity index is 498. The molecule has 0 atom stereocenters. The van der Waals surface area contributed by atoms with Gasteiger partial charge in [-0.3, -0.25) is 0 Å². The fourth-order valence-corrected chi connectivity index (χ4v) is 2.83. The van der Waals surface area contributed by atoms with E-state index in [0.29, 0.717) is 6.54 Å². The Hall–Kier alpha value is -0.580. The van der Waals surface area contributed by atoms with Crippen LogP contribution < -0.4 is 5.32 Å². The molecule has 5 heteroatoms. The maximum absolute atomic E-state index is 5.81. The van der Waals surface area contributed by atoms with Crippen LogP contribution in [-0.2, 0) is 6.54 Å². The van der Waals surface area contributed by atoms with Gasteiger partial charge in [0.05, 0.1) is 12.7 Å². The Morgan fingerprint density at radius 3 is 2.94 bits per heavy atom. The zero-order chi connectivity index (χ0) is 11.5. The monoisotopic (exact) mass is 316 g/mol. The Balaban J connectivity index is 2.04. The standard InChI is InChI=1S/C11H10BrClN2S/c1-7-2-3-9(8(12)4-7)14-6-11-15-5-10(13)16-11/h2-5,14H,6H2,1H3. The van der Waals surface area contributed by atoms with Gasteiger partial charge in [0.2, 0.25) is 0 Å². The van der Waals surface area contributed by atoms with Crippen molar-refractivity contribution in [2.24, 2.45) is 0 Å². The Labute approximate surface area is 112 Å². The molecule has 0 saturated heterocycles. The van der Waals surface area contributed by atoms with Crippen LogP contribution in [0.1, 0.15) is 10.6 Å². The first-order valence-corrected chi connectivity index (χ1v) is 6.74. The predicted molar refractivity (Wildman–Crippen MR) is 73.3 cm³/mol. The van der Waals surface area contributed by atoms with Crippen molar-refractivity contribution >= 4 is 44.6 Å². The summed E-state index contributed by atoms with van der Waals surface area (Å²) in [5.41, 5.74) is 2.30. The molecule has 1 aromatic carbocycles. The van der Waals surface area contributed by atoms with Crippen molar-refractivity contribution in [2.75, 3.05) is 5.32 Å². The van der Waals surface area contributed by atoms with Gasteiger partial charge in [0.1, 0.15) is 9.34 Å². The number of hydrogen-bond acceptors (Lipinski definition) is 3. The minimum absolute atomic E-state index is 0.693. The third-order valence-electron chi connectivity index (χ3n) is 2.08. The first-order chi connectivity index (χ1) is 7.65. The molecule has 0 aliphatic rings. The maximum Gasteiger partial charge on any atom is 0.113 e. The van der Waals surface area contributed by atoms with Gasteiger partial charge < -0.3 is 5.32 Å². The summed E-state index contributed by atoms with van der Waals surface area (Å²) in [4.78, 5) is 4.19. The normalized spacial score (nSPS) is 10.4. The van der Waals surface area contributed by atoms with Gasteiger partial charge in [0.15, 0.2) is 0 Å². The van der Waals surface area contributed by atoms with Gasteiger partial charge in [-0.15, -0.1) is 11.3 Å². The number of aryl methyl sites for hydroxylation is 1. The van der Waals surface area contributed by atoms with E-state index in [1.807, 2.05) is 0 Å². The summed E-state index contributed by atoms with van der Waals surface area (Å²) in [6, 6.07) is 6.20. The smallest absolute Gasteiger partial charge is 0.113 e. The Morgan fingerprint density at radius 1 is 1.50 bits per heavy atom. The van der Waals surface area contributed by atoms with Gasteiger partial charge >= 0.3 is 0 Å². The summed E-state index contributed by atoms with van der Waals surface area (Å²) in [6.07, 6.45) is 1.67. The third-order valence-corrected chi connectivity index (χ3v) is 3.85. The molecule has 0 bridgehead atoms. The summed E-state index contributed by atoms with van der Waals surface area (Å²) in [7, 11) is 0. The minimum Gasteiger partial charge on any atom is -0.378 e. The highest BCUT2D eigenvalue weighted by molar-refractivity contribution is 9.10. The van der Waals surface area contributed by atoms with E-state index in [-0.39, 0.29) is 0 Å². The summed E-state index contributed by atoms with van der Waals surface area (Å²) in [5.74, 6) is 0. The molecular weight excluding hydrogens is 308 g/mol. The van der Waals surface area contributed by atoms with Crippen LogP contribution in [0.15, 0.2) is 28.9 Å². The van der Waals surface area contributed by atoms with Crippen molar-refractivity contribution in [3.8, 4) is 0 Å². The molecule has 2 aromatic rings. The summed E-state index contributed by atoms with van der Waals surface area (Å²) >= 11 is 10.8. The molecule has 0 amide bonds. The second-order valence-corrected chi connectivity index (χ2v) is 6.00. The van der Waals surface area contributed by atoms with E-state index in [2.05, 4.69) is 51.4 Å². The lowest BCUT2D eigenvalue weighted by Gasteiger charge is -2.07. The molecule has 1 aromatic heterocycles. The highest BCUT2D eigenvalue weighted by atomic mass is 79.9. The van der Waals surface area contributed by atoms with Gasteiger partial charge in [0.25, 0.3) is 0 Å². The number of nitrogens with one attached hydrogen (secondary N) is 1. The van der Waals surface area contributed by atoms with Crippen molar-refractivity contribution in [3.05, 3.63) is 43.8 Å². The fourth-order valence-electron chi connectivity index (χ4n) is 1.30. The van der Waals surface area contributed by atoms with Crippen molar-refractivity contribution < 1.29 is 0 Å². The average molecular weight is 318 g/mol. The molecule has 2 rings (SSSR count). The van der Waals surface area contributed by atoms with Gasteiger partial charge in [-0.2, -0.15) is 0 Å². The quantitative estimate of drug-likeness (QED) is 0.903. The van der Waals surface area contributed by atoms with E-state index in [0.717, 1.165) is 19.5 Å². The van der Waals surface area contributed by atoms with Crippen LogP contribution >= 0.6 is 38.9 Å². The molecule has 0 spiro atoms. The number of halogens is 2. The van der Waals surface area contributed by atoms with Crippen LogP contribution in [0.3, 0.4) is 0 Å². The van der Waals surface area contributed by atoms with Gasteiger partial charge in [0, 0.05) is 10.2 Å². The van der Waals surface area contributed by atoms with E-state index in [1.165, 1.54) is 16.9 Å². The van der Waals surface area contributed by atoms with Crippen molar-refractivity contribution in [3.63, 3.8) is 0 Å². The van der Waals surface area contributed by atoms with Crippen molar-refractivity contribution in [1.29, 1.82) is 0 Å². The van der Waals surface area contributed by atoms with Crippen LogP contribution in [-0.4, -0.2) is 4.98 Å². The van der Waals surface area contributed by atoms with Crippen molar-refractivity contribution in [1.82, 2.24) is 4.98 Å². The van der Waals surface area contributed by atoms with E-state index in [9.17, 15) is 0 Å². The van der Waals surface area contributed by atoms with E-state index < -0.39 is 0 Å². The molecule has 0 aliphatic carbocycles. The number of hydrogen-bond donors (Lipinski definition) is 1. The van der Waals surface area contributed by atoms with Gasteiger partial charge in [-0.25, -0.2) is 4.98 Å². The predicted octanol–water partition coefficient (Wildman–Crippen LogP) is 4.48. The lowest BCUT2D eigenvalue weighted by atomic mass is 10.2. The number of rotatable bonds is 3. The number of aromatic nitrogens is 1. The lowest BCUT2D eigenvalue weighted by Crippen LogP contribution is -1.99. The summed E-state index contributed by atoms with van der Waals surface area (Å²) < 4.78 is 1.79. The number of nitrogens with zero attached hydrogens (tertiary/aromatic N) is 1. The highest BCUT2D eigenvalue weighted by Gasteiger charge is 2.02. The molecule has 84 valence electrons. The fraction of sp³-hybridized carbons (Fsp3) is 0.182. The SMILES string of the molecule is Cc1ccc(NCc2ncc(Cl)s2)c(Br)c1. The first kappa shape index (κ1) is 11.9. The molecule has 1 N–H and O–H groups in total. The minimum atomic E-state index is 0.693. The van der Waals surface area contributed by atoms with Crippen LogP contribution in [0.4, 0.5) is 5.69 Å². The molecular formula is C11H10BrClN2S. The lowest BCUT2D eigenvalue weighted by molar-refractivity contribution is 1.10.